The second-order valence-electron chi connectivity index (χ2n) is 4.98. The van der Waals surface area contributed by atoms with E-state index in [0.717, 1.165) is 0 Å². The van der Waals surface area contributed by atoms with Gasteiger partial charge in [-0.2, -0.15) is 0 Å². The van der Waals surface area contributed by atoms with Crippen LogP contribution in [-0.2, 0) is 0 Å². The fourth-order valence-corrected chi connectivity index (χ4v) is 2.86. The molecule has 0 saturated heterocycles. The third-order valence-electron chi connectivity index (χ3n) is 3.57. The van der Waals surface area contributed by atoms with E-state index in [1.165, 1.54) is 13.2 Å². The van der Waals surface area contributed by atoms with Crippen molar-refractivity contribution in [3.05, 3.63) is 57.2 Å². The predicted octanol–water partition coefficient (Wildman–Crippen LogP) is 4.72. The van der Waals surface area contributed by atoms with Crippen LogP contribution in [0.5, 0.6) is 23.0 Å². The van der Waals surface area contributed by atoms with E-state index in [0.29, 0.717) is 33.9 Å². The summed E-state index contributed by atoms with van der Waals surface area (Å²) < 4.78 is 16.8. The van der Waals surface area contributed by atoms with E-state index in [9.17, 15) is 10.1 Å². The first-order valence-corrected chi connectivity index (χ1v) is 7.96. The Morgan fingerprint density at radius 1 is 1.04 bits per heavy atom. The van der Waals surface area contributed by atoms with Gasteiger partial charge in [-0.15, -0.1) is 0 Å². The number of aromatic nitrogens is 1. The quantitative estimate of drug-likeness (QED) is 0.451. The number of benzene rings is 2. The second-order valence-corrected chi connectivity index (χ2v) is 5.77. The van der Waals surface area contributed by atoms with Gasteiger partial charge in [0, 0.05) is 23.7 Å². The maximum absolute atomic E-state index is 11.1. The van der Waals surface area contributed by atoms with Crippen molar-refractivity contribution < 1.29 is 19.1 Å². The van der Waals surface area contributed by atoms with Crippen molar-refractivity contribution >= 4 is 32.5 Å². The molecule has 7 nitrogen and oxygen atoms in total. The maximum Gasteiger partial charge on any atom is 0.287 e. The third kappa shape index (κ3) is 3.20. The lowest BCUT2D eigenvalue weighted by Crippen LogP contribution is -1.95. The number of hydrogen-bond donors (Lipinski definition) is 0. The molecule has 128 valence electrons. The predicted molar refractivity (Wildman–Crippen MR) is 95.7 cm³/mol. The van der Waals surface area contributed by atoms with E-state index in [1.54, 1.807) is 43.6 Å². The van der Waals surface area contributed by atoms with E-state index >= 15 is 0 Å². The number of nitrogens with zero attached hydrogens (tertiary/aromatic N) is 2. The van der Waals surface area contributed by atoms with Crippen molar-refractivity contribution in [2.45, 2.75) is 0 Å². The van der Waals surface area contributed by atoms with Gasteiger partial charge in [-0.25, -0.2) is 0 Å². The van der Waals surface area contributed by atoms with Crippen molar-refractivity contribution in [2.75, 3.05) is 14.2 Å². The number of nitro groups is 1. The van der Waals surface area contributed by atoms with E-state index in [4.69, 9.17) is 14.2 Å². The zero-order valence-corrected chi connectivity index (χ0v) is 14.9. The molecule has 2 aromatic carbocycles. The molecule has 25 heavy (non-hydrogen) atoms. The first-order chi connectivity index (χ1) is 12.0. The minimum Gasteiger partial charge on any atom is -0.493 e. The molecule has 0 N–H and O–H groups in total. The molecule has 0 spiro atoms. The zero-order valence-electron chi connectivity index (χ0n) is 13.4. The van der Waals surface area contributed by atoms with Gasteiger partial charge in [-0.3, -0.25) is 15.1 Å². The number of pyridine rings is 1. The number of hydrogen-bond acceptors (Lipinski definition) is 6. The van der Waals surface area contributed by atoms with E-state index in [-0.39, 0.29) is 10.2 Å². The second kappa shape index (κ2) is 6.94. The molecule has 0 aliphatic carbocycles. The van der Waals surface area contributed by atoms with Crippen molar-refractivity contribution in [1.29, 1.82) is 0 Å². The van der Waals surface area contributed by atoms with Crippen LogP contribution in [0.4, 0.5) is 5.69 Å². The monoisotopic (exact) mass is 404 g/mol. The molecule has 1 aromatic heterocycles. The molecule has 1 heterocycles. The topological polar surface area (TPSA) is 83.7 Å². The Kier molecular flexibility index (Phi) is 4.71. The van der Waals surface area contributed by atoms with Crippen molar-refractivity contribution in [1.82, 2.24) is 4.98 Å². The Hall–Kier alpha value is -2.87. The highest BCUT2D eigenvalue weighted by atomic mass is 79.9. The molecule has 0 radical (unpaired) electrons. The SMILES string of the molecule is COc1cc2nccc(Oc3cccc([N+](=O)[O-])c3Br)c2cc1OC. The average molecular weight is 405 g/mol. The Bertz CT molecular complexity index is 961. The summed E-state index contributed by atoms with van der Waals surface area (Å²) in [5, 5.41) is 11.8. The normalized spacial score (nSPS) is 10.5. The Balaban J connectivity index is 2.11. The lowest BCUT2D eigenvalue weighted by atomic mass is 10.2. The summed E-state index contributed by atoms with van der Waals surface area (Å²) in [6.07, 6.45) is 1.59. The molecule has 8 heteroatoms. The summed E-state index contributed by atoms with van der Waals surface area (Å²) in [5.41, 5.74) is 0.576. The molecular weight excluding hydrogens is 392 g/mol. The Labute approximate surface area is 151 Å². The van der Waals surface area contributed by atoms with Crippen molar-refractivity contribution in [3.8, 4) is 23.0 Å². The summed E-state index contributed by atoms with van der Waals surface area (Å²) in [7, 11) is 3.09. The van der Waals surface area contributed by atoms with E-state index in [2.05, 4.69) is 20.9 Å². The molecule has 0 atom stereocenters. The van der Waals surface area contributed by atoms with Gasteiger partial charge in [-0.05, 0) is 34.1 Å². The van der Waals surface area contributed by atoms with E-state index in [1.807, 2.05) is 0 Å². The number of rotatable bonds is 5. The molecule has 0 aliphatic heterocycles. The van der Waals surface area contributed by atoms with Crippen molar-refractivity contribution in [2.24, 2.45) is 0 Å². The highest BCUT2D eigenvalue weighted by molar-refractivity contribution is 9.10. The van der Waals surface area contributed by atoms with Crippen LogP contribution in [0, 0.1) is 10.1 Å². The van der Waals surface area contributed by atoms with Gasteiger partial charge < -0.3 is 14.2 Å². The minimum absolute atomic E-state index is 0.0740. The van der Waals surface area contributed by atoms with Gasteiger partial charge in [0.05, 0.1) is 24.7 Å². The number of halogens is 1. The van der Waals surface area contributed by atoms with Gasteiger partial charge in [0.15, 0.2) is 11.5 Å². The highest BCUT2D eigenvalue weighted by Crippen LogP contribution is 2.40. The average Bonchev–Trinajstić information content (AvgIpc) is 2.62. The molecule has 0 bridgehead atoms. The van der Waals surface area contributed by atoms with Crippen LogP contribution in [0.3, 0.4) is 0 Å². The standard InChI is InChI=1S/C17H13BrN2O5/c1-23-15-8-10-11(9-16(15)24-2)19-7-6-13(10)25-14-5-3-4-12(17(14)18)20(21)22/h3-9H,1-2H3. The lowest BCUT2D eigenvalue weighted by Gasteiger charge is -2.13. The fraction of sp³-hybridized carbons (Fsp3) is 0.118. The molecule has 3 aromatic rings. The number of nitro benzene ring substituents is 1. The smallest absolute Gasteiger partial charge is 0.287 e. The summed E-state index contributed by atoms with van der Waals surface area (Å²) in [6.45, 7) is 0. The van der Waals surface area contributed by atoms with Gasteiger partial charge in [-0.1, -0.05) is 6.07 Å². The lowest BCUT2D eigenvalue weighted by molar-refractivity contribution is -0.385. The van der Waals surface area contributed by atoms with Crippen LogP contribution >= 0.6 is 15.9 Å². The van der Waals surface area contributed by atoms with Crippen LogP contribution in [0.2, 0.25) is 0 Å². The third-order valence-corrected chi connectivity index (χ3v) is 4.36. The number of fused-ring (bicyclic) bond motifs is 1. The fourth-order valence-electron chi connectivity index (χ4n) is 2.37. The van der Waals surface area contributed by atoms with Crippen LogP contribution in [0.15, 0.2) is 47.1 Å². The molecule has 0 amide bonds. The maximum atomic E-state index is 11.1. The van der Waals surface area contributed by atoms with Crippen molar-refractivity contribution in [3.63, 3.8) is 0 Å². The molecule has 0 aliphatic rings. The molecule has 0 saturated carbocycles. The summed E-state index contributed by atoms with van der Waals surface area (Å²) in [5.74, 6) is 1.91. The largest absolute Gasteiger partial charge is 0.493 e. The first kappa shape index (κ1) is 17.0. The molecule has 3 rings (SSSR count). The van der Waals surface area contributed by atoms with Gasteiger partial charge in [0.1, 0.15) is 16.0 Å². The van der Waals surface area contributed by atoms with E-state index < -0.39 is 4.92 Å². The minimum atomic E-state index is -0.477. The zero-order chi connectivity index (χ0) is 18.0. The van der Waals surface area contributed by atoms with Crippen LogP contribution in [0.1, 0.15) is 0 Å². The van der Waals surface area contributed by atoms with Crippen LogP contribution < -0.4 is 14.2 Å². The van der Waals surface area contributed by atoms with Gasteiger partial charge in [0.2, 0.25) is 0 Å². The Morgan fingerprint density at radius 3 is 2.44 bits per heavy atom. The summed E-state index contributed by atoms with van der Waals surface area (Å²) in [4.78, 5) is 14.9. The number of ether oxygens (including phenoxy) is 3. The number of methoxy groups -OCH3 is 2. The van der Waals surface area contributed by atoms with Gasteiger partial charge in [0.25, 0.3) is 5.69 Å². The van der Waals surface area contributed by atoms with Crippen LogP contribution in [-0.4, -0.2) is 24.1 Å². The summed E-state index contributed by atoms with van der Waals surface area (Å²) >= 11 is 3.23. The highest BCUT2D eigenvalue weighted by Gasteiger charge is 2.18. The summed E-state index contributed by atoms with van der Waals surface area (Å²) in [6, 6.07) is 9.77. The molecule has 0 unspecified atom stereocenters. The Morgan fingerprint density at radius 2 is 1.76 bits per heavy atom. The van der Waals surface area contributed by atoms with Gasteiger partial charge >= 0.3 is 0 Å². The van der Waals surface area contributed by atoms with Crippen LogP contribution in [0.25, 0.3) is 10.9 Å². The first-order valence-electron chi connectivity index (χ1n) is 7.16. The molecule has 0 fully saturated rings. The molecular formula is C17H13BrN2O5.